The fraction of sp³-hybridized carbons (Fsp3) is 0.923. The summed E-state index contributed by atoms with van der Waals surface area (Å²) in [5.74, 6) is -3.45. The van der Waals surface area contributed by atoms with Crippen molar-refractivity contribution >= 4 is 5.97 Å². The lowest BCUT2D eigenvalue weighted by Crippen LogP contribution is -2.44. The summed E-state index contributed by atoms with van der Waals surface area (Å²) >= 11 is 0. The Kier molecular flexibility index (Phi) is 8.97. The highest BCUT2D eigenvalue weighted by Crippen LogP contribution is 2.13. The molecule has 1 unspecified atom stereocenters. The van der Waals surface area contributed by atoms with Crippen LogP contribution in [-0.2, 0) is 9.53 Å². The smallest absolute Gasteiger partial charge is 0.314 e. The second-order valence-corrected chi connectivity index (χ2v) is 4.59. The first-order chi connectivity index (χ1) is 8.41. The van der Waals surface area contributed by atoms with E-state index in [2.05, 4.69) is 6.92 Å². The Balaban J connectivity index is 3.70. The molecule has 0 saturated carbocycles. The van der Waals surface area contributed by atoms with Gasteiger partial charge in [0.15, 0.2) is 6.10 Å². The molecule has 5 nitrogen and oxygen atoms in total. The maximum atomic E-state index is 11.4. The Morgan fingerprint density at radius 3 is 2.11 bits per heavy atom. The van der Waals surface area contributed by atoms with Crippen molar-refractivity contribution in [2.24, 2.45) is 0 Å². The minimum Gasteiger partial charge on any atom is -0.454 e. The molecule has 0 aromatic rings. The topological polar surface area (TPSA) is 87.0 Å². The number of esters is 1. The van der Waals surface area contributed by atoms with Gasteiger partial charge in [-0.15, -0.1) is 0 Å². The zero-order valence-electron chi connectivity index (χ0n) is 11.4. The number of ether oxygens (including phenoxy) is 1. The van der Waals surface area contributed by atoms with E-state index < -0.39 is 18.0 Å². The first-order valence-corrected chi connectivity index (χ1v) is 6.78. The predicted octanol–water partition coefficient (Wildman–Crippen LogP) is 1.69. The van der Waals surface area contributed by atoms with Gasteiger partial charge in [-0.1, -0.05) is 46.0 Å². The minimum absolute atomic E-state index is 0.145. The molecule has 108 valence electrons. The van der Waals surface area contributed by atoms with Crippen molar-refractivity contribution in [2.75, 3.05) is 0 Å². The summed E-state index contributed by atoms with van der Waals surface area (Å²) in [4.78, 5) is 11.4. The summed E-state index contributed by atoms with van der Waals surface area (Å²) in [6.07, 6.45) is 5.48. The van der Waals surface area contributed by atoms with Crippen LogP contribution in [0.15, 0.2) is 0 Å². The van der Waals surface area contributed by atoms with Gasteiger partial charge in [0, 0.05) is 6.42 Å². The molecular formula is C13H26O5. The molecule has 0 rings (SSSR count). The highest BCUT2D eigenvalue weighted by Gasteiger charge is 2.33. The lowest BCUT2D eigenvalue weighted by Gasteiger charge is -2.24. The van der Waals surface area contributed by atoms with Gasteiger partial charge in [0.2, 0.25) is 0 Å². The third kappa shape index (κ3) is 8.44. The van der Waals surface area contributed by atoms with Gasteiger partial charge in [0.25, 0.3) is 0 Å². The summed E-state index contributed by atoms with van der Waals surface area (Å²) in [6, 6.07) is 0. The molecule has 0 aliphatic rings. The Bertz CT molecular complexity index is 222. The molecule has 0 aliphatic heterocycles. The van der Waals surface area contributed by atoms with Crippen LogP contribution in [0.3, 0.4) is 0 Å². The lowest BCUT2D eigenvalue weighted by atomic mass is 10.1. The second kappa shape index (κ2) is 9.30. The quantitative estimate of drug-likeness (QED) is 0.317. The Morgan fingerprint density at radius 1 is 1.06 bits per heavy atom. The second-order valence-electron chi connectivity index (χ2n) is 4.59. The van der Waals surface area contributed by atoms with Crippen molar-refractivity contribution in [2.45, 2.75) is 77.3 Å². The van der Waals surface area contributed by atoms with E-state index in [4.69, 9.17) is 20.1 Å². The molecule has 0 fully saturated rings. The van der Waals surface area contributed by atoms with Gasteiger partial charge in [-0.05, 0) is 12.8 Å². The highest BCUT2D eigenvalue weighted by molar-refractivity contribution is 5.69. The number of carbonyl (C=O) groups excluding carboxylic acids is 1. The van der Waals surface area contributed by atoms with Crippen LogP contribution in [0.4, 0.5) is 0 Å². The van der Waals surface area contributed by atoms with E-state index in [0.717, 1.165) is 19.3 Å². The average Bonchev–Trinajstić information content (AvgIpc) is 2.29. The van der Waals surface area contributed by atoms with Crippen molar-refractivity contribution in [1.82, 2.24) is 0 Å². The first-order valence-electron chi connectivity index (χ1n) is 6.78. The number of rotatable bonds is 10. The van der Waals surface area contributed by atoms with Crippen LogP contribution in [0.5, 0.6) is 0 Å². The van der Waals surface area contributed by atoms with Gasteiger partial charge in [-0.25, -0.2) is 0 Å². The van der Waals surface area contributed by atoms with Crippen LogP contribution in [0, 0.1) is 0 Å². The Hall–Kier alpha value is -0.650. The molecule has 0 heterocycles. The Labute approximate surface area is 109 Å². The van der Waals surface area contributed by atoms with Crippen LogP contribution in [0.25, 0.3) is 0 Å². The standard InChI is InChI=1S/C13H26O5/c1-3-5-6-7-8-9-10-12(14)18-11(4-2)13(15,16)17/h11,15-17H,3-10H2,1-2H3. The predicted molar refractivity (Wildman–Crippen MR) is 67.6 cm³/mol. The van der Waals surface area contributed by atoms with E-state index in [9.17, 15) is 4.79 Å². The molecule has 0 radical (unpaired) electrons. The van der Waals surface area contributed by atoms with Gasteiger partial charge < -0.3 is 20.1 Å². The third-order valence-electron chi connectivity index (χ3n) is 2.81. The third-order valence-corrected chi connectivity index (χ3v) is 2.81. The molecule has 0 bridgehead atoms. The molecule has 5 heteroatoms. The minimum atomic E-state index is -2.95. The van der Waals surface area contributed by atoms with Crippen LogP contribution >= 0.6 is 0 Å². The molecule has 0 aromatic carbocycles. The van der Waals surface area contributed by atoms with E-state index in [-0.39, 0.29) is 12.8 Å². The Morgan fingerprint density at radius 2 is 1.61 bits per heavy atom. The van der Waals surface area contributed by atoms with Gasteiger partial charge >= 0.3 is 11.9 Å². The van der Waals surface area contributed by atoms with Crippen LogP contribution < -0.4 is 0 Å². The number of hydrogen-bond acceptors (Lipinski definition) is 5. The first kappa shape index (κ1) is 17.4. The summed E-state index contributed by atoms with van der Waals surface area (Å²) in [6.45, 7) is 3.74. The highest BCUT2D eigenvalue weighted by atomic mass is 16.7. The lowest BCUT2D eigenvalue weighted by molar-refractivity contribution is -0.356. The molecular weight excluding hydrogens is 236 g/mol. The number of aliphatic hydroxyl groups is 3. The largest absolute Gasteiger partial charge is 0.454 e. The summed E-state index contributed by atoms with van der Waals surface area (Å²) in [7, 11) is 0. The maximum absolute atomic E-state index is 11.4. The van der Waals surface area contributed by atoms with Gasteiger partial charge in [0.05, 0.1) is 0 Å². The summed E-state index contributed by atoms with van der Waals surface area (Å²) in [5.41, 5.74) is 0. The van der Waals surface area contributed by atoms with Gasteiger partial charge in [0.1, 0.15) is 0 Å². The van der Waals surface area contributed by atoms with Crippen molar-refractivity contribution < 1.29 is 24.9 Å². The van der Waals surface area contributed by atoms with Gasteiger partial charge in [-0.3, -0.25) is 4.79 Å². The number of hydrogen-bond donors (Lipinski definition) is 3. The SMILES string of the molecule is CCCCCCCCC(=O)OC(CC)C(O)(O)O. The van der Waals surface area contributed by atoms with Crippen LogP contribution in [-0.4, -0.2) is 33.4 Å². The van der Waals surface area contributed by atoms with Gasteiger partial charge in [-0.2, -0.15) is 0 Å². The van der Waals surface area contributed by atoms with E-state index in [1.807, 2.05) is 0 Å². The monoisotopic (exact) mass is 262 g/mol. The van der Waals surface area contributed by atoms with Crippen molar-refractivity contribution in [3.05, 3.63) is 0 Å². The molecule has 0 aliphatic carbocycles. The molecule has 18 heavy (non-hydrogen) atoms. The zero-order chi connectivity index (χ0) is 14.0. The summed E-state index contributed by atoms with van der Waals surface area (Å²) in [5, 5.41) is 26.8. The van der Waals surface area contributed by atoms with Crippen molar-refractivity contribution in [1.29, 1.82) is 0 Å². The fourth-order valence-electron chi connectivity index (χ4n) is 1.70. The van der Waals surface area contributed by atoms with Crippen LogP contribution in [0.2, 0.25) is 0 Å². The van der Waals surface area contributed by atoms with E-state index in [0.29, 0.717) is 0 Å². The molecule has 0 amide bonds. The van der Waals surface area contributed by atoms with E-state index >= 15 is 0 Å². The molecule has 1 atom stereocenters. The average molecular weight is 262 g/mol. The molecule has 0 saturated heterocycles. The van der Waals surface area contributed by atoms with E-state index in [1.54, 1.807) is 6.92 Å². The van der Waals surface area contributed by atoms with Crippen LogP contribution in [0.1, 0.15) is 65.2 Å². The normalized spacial score (nSPS) is 13.4. The number of unbranched alkanes of at least 4 members (excludes halogenated alkanes) is 5. The van der Waals surface area contributed by atoms with E-state index in [1.165, 1.54) is 19.3 Å². The maximum Gasteiger partial charge on any atom is 0.314 e. The number of carbonyl (C=O) groups is 1. The zero-order valence-corrected chi connectivity index (χ0v) is 11.4. The molecule has 3 N–H and O–H groups in total. The van der Waals surface area contributed by atoms with Crippen molar-refractivity contribution in [3.8, 4) is 0 Å². The fourth-order valence-corrected chi connectivity index (χ4v) is 1.70. The molecule has 0 spiro atoms. The summed E-state index contributed by atoms with van der Waals surface area (Å²) < 4.78 is 4.80. The molecule has 0 aromatic heterocycles. The van der Waals surface area contributed by atoms with Crippen molar-refractivity contribution in [3.63, 3.8) is 0 Å².